The van der Waals surface area contributed by atoms with Gasteiger partial charge < -0.3 is 14.8 Å². The summed E-state index contributed by atoms with van der Waals surface area (Å²) in [6, 6.07) is 12.8. The number of piperidine rings is 1. The first-order valence-corrected chi connectivity index (χ1v) is 11.2. The molecule has 1 saturated heterocycles. The quantitative estimate of drug-likeness (QED) is 0.704. The zero-order valence-electron chi connectivity index (χ0n) is 17.3. The topological polar surface area (TPSA) is 114 Å². The van der Waals surface area contributed by atoms with Gasteiger partial charge in [-0.15, -0.1) is 0 Å². The molecule has 2 amide bonds. The Morgan fingerprint density at radius 1 is 1.03 bits per heavy atom. The van der Waals surface area contributed by atoms with Crippen molar-refractivity contribution in [3.8, 4) is 5.75 Å². The molecule has 0 aromatic heterocycles. The van der Waals surface area contributed by atoms with Crippen LogP contribution in [0.25, 0.3) is 0 Å². The van der Waals surface area contributed by atoms with Gasteiger partial charge in [0.05, 0.1) is 25.0 Å². The first kappa shape index (κ1) is 22.6. The number of carbonyl (C=O) groups is 2. The Bertz CT molecular complexity index is 1040. The fourth-order valence-corrected chi connectivity index (χ4v) is 4.87. The Kier molecular flexibility index (Phi) is 7.13. The maximum absolute atomic E-state index is 13.1. The van der Waals surface area contributed by atoms with Gasteiger partial charge in [0, 0.05) is 30.5 Å². The molecule has 31 heavy (non-hydrogen) atoms. The molecule has 10 heteroatoms. The van der Waals surface area contributed by atoms with Crippen LogP contribution in [0.2, 0.25) is 0 Å². The molecule has 2 aromatic carbocycles. The van der Waals surface area contributed by atoms with Crippen LogP contribution in [-0.2, 0) is 19.6 Å². The van der Waals surface area contributed by atoms with Gasteiger partial charge in [0.1, 0.15) is 5.75 Å². The van der Waals surface area contributed by atoms with Crippen LogP contribution in [0.4, 0.5) is 16.2 Å². The summed E-state index contributed by atoms with van der Waals surface area (Å²) in [7, 11) is -0.987. The summed E-state index contributed by atoms with van der Waals surface area (Å²) < 4.78 is 37.1. The summed E-state index contributed by atoms with van der Waals surface area (Å²) in [5.41, 5.74) is 1.01. The summed E-state index contributed by atoms with van der Waals surface area (Å²) in [6.45, 7) is 0.438. The molecular weight excluding hydrogens is 422 g/mol. The van der Waals surface area contributed by atoms with E-state index in [0.29, 0.717) is 36.5 Å². The monoisotopic (exact) mass is 447 g/mol. The second-order valence-corrected chi connectivity index (χ2v) is 9.00. The van der Waals surface area contributed by atoms with Crippen LogP contribution in [0.3, 0.4) is 0 Å². The third-order valence-corrected chi connectivity index (χ3v) is 6.90. The largest absolute Gasteiger partial charge is 0.497 e. The van der Waals surface area contributed by atoms with Crippen LogP contribution in [-0.4, -0.2) is 52.0 Å². The molecule has 1 aliphatic rings. The summed E-state index contributed by atoms with van der Waals surface area (Å²) in [5, 5.41) is 5.31. The van der Waals surface area contributed by atoms with E-state index in [2.05, 4.69) is 15.4 Å². The maximum atomic E-state index is 13.1. The van der Waals surface area contributed by atoms with E-state index in [1.165, 1.54) is 35.7 Å². The summed E-state index contributed by atoms with van der Waals surface area (Å²) in [6.07, 6.45) is 0.540. The van der Waals surface area contributed by atoms with Crippen molar-refractivity contribution in [2.75, 3.05) is 37.9 Å². The lowest BCUT2D eigenvalue weighted by Gasteiger charge is -2.31. The first-order valence-electron chi connectivity index (χ1n) is 9.73. The van der Waals surface area contributed by atoms with Crippen molar-refractivity contribution >= 4 is 33.4 Å². The number of carbonyl (C=O) groups excluding carboxylic acids is 2. The fourth-order valence-electron chi connectivity index (χ4n) is 3.35. The van der Waals surface area contributed by atoms with E-state index < -0.39 is 22.0 Å². The molecular formula is C21H25N3O6S. The number of hydrogen-bond acceptors (Lipinski definition) is 6. The van der Waals surface area contributed by atoms with Crippen LogP contribution in [0.15, 0.2) is 53.4 Å². The minimum Gasteiger partial charge on any atom is -0.497 e. The Morgan fingerprint density at radius 3 is 2.45 bits per heavy atom. The van der Waals surface area contributed by atoms with Crippen molar-refractivity contribution in [1.29, 1.82) is 0 Å². The fraction of sp³-hybridized carbons (Fsp3) is 0.333. The third kappa shape index (κ3) is 5.53. The predicted molar refractivity (Wildman–Crippen MR) is 116 cm³/mol. The highest BCUT2D eigenvalue weighted by molar-refractivity contribution is 7.89. The highest BCUT2D eigenvalue weighted by Gasteiger charge is 2.33. The SMILES string of the molecule is COC(=O)Nc1ccc(S(=O)(=O)N2CCCC(C(=O)Nc3cccc(OC)c3)C2)cc1. The molecule has 166 valence electrons. The maximum Gasteiger partial charge on any atom is 0.411 e. The number of ether oxygens (including phenoxy) is 2. The molecule has 1 heterocycles. The van der Waals surface area contributed by atoms with Gasteiger partial charge >= 0.3 is 6.09 Å². The van der Waals surface area contributed by atoms with Crippen LogP contribution in [0, 0.1) is 5.92 Å². The van der Waals surface area contributed by atoms with E-state index >= 15 is 0 Å². The lowest BCUT2D eigenvalue weighted by molar-refractivity contribution is -0.120. The molecule has 9 nitrogen and oxygen atoms in total. The number of amides is 2. The second-order valence-electron chi connectivity index (χ2n) is 7.06. The lowest BCUT2D eigenvalue weighted by Crippen LogP contribution is -2.43. The van der Waals surface area contributed by atoms with Crippen LogP contribution in [0.5, 0.6) is 5.75 Å². The lowest BCUT2D eigenvalue weighted by atomic mass is 9.98. The molecule has 1 unspecified atom stereocenters. The van der Waals surface area contributed by atoms with Gasteiger partial charge in [0.15, 0.2) is 0 Å². The molecule has 0 saturated carbocycles. The van der Waals surface area contributed by atoms with Gasteiger partial charge in [-0.1, -0.05) is 6.07 Å². The number of rotatable bonds is 6. The van der Waals surface area contributed by atoms with E-state index in [0.717, 1.165) is 0 Å². The molecule has 0 bridgehead atoms. The van der Waals surface area contributed by atoms with Crippen molar-refractivity contribution in [2.45, 2.75) is 17.7 Å². The van der Waals surface area contributed by atoms with Crippen molar-refractivity contribution in [3.63, 3.8) is 0 Å². The van der Waals surface area contributed by atoms with Crippen molar-refractivity contribution in [1.82, 2.24) is 4.31 Å². The Labute approximate surface area is 181 Å². The Morgan fingerprint density at radius 2 is 1.77 bits per heavy atom. The smallest absolute Gasteiger partial charge is 0.411 e. The van der Waals surface area contributed by atoms with E-state index in [1.54, 1.807) is 31.4 Å². The molecule has 2 aromatic rings. The standard InChI is InChI=1S/C21H25N3O6S/c1-29-18-7-3-6-17(13-18)22-20(25)15-5-4-12-24(14-15)31(27,28)19-10-8-16(9-11-19)23-21(26)30-2/h3,6-11,13,15H,4-5,12,14H2,1-2H3,(H,22,25)(H,23,26). The van der Waals surface area contributed by atoms with Gasteiger partial charge in [-0.25, -0.2) is 13.2 Å². The Hall–Kier alpha value is -3.11. The summed E-state index contributed by atoms with van der Waals surface area (Å²) >= 11 is 0. The molecule has 1 aliphatic heterocycles. The summed E-state index contributed by atoms with van der Waals surface area (Å²) in [5.74, 6) is -0.0726. The van der Waals surface area contributed by atoms with Crippen LogP contribution < -0.4 is 15.4 Å². The molecule has 0 spiro atoms. The van der Waals surface area contributed by atoms with Crippen molar-refractivity contribution in [3.05, 3.63) is 48.5 Å². The van der Waals surface area contributed by atoms with Gasteiger partial charge in [-0.05, 0) is 49.2 Å². The first-order chi connectivity index (χ1) is 14.8. The van der Waals surface area contributed by atoms with Crippen molar-refractivity contribution in [2.24, 2.45) is 5.92 Å². The van der Waals surface area contributed by atoms with Gasteiger partial charge in [-0.2, -0.15) is 4.31 Å². The van der Waals surface area contributed by atoms with Gasteiger partial charge in [0.2, 0.25) is 15.9 Å². The predicted octanol–water partition coefficient (Wildman–Crippen LogP) is 2.91. The zero-order chi connectivity index (χ0) is 22.4. The molecule has 1 fully saturated rings. The number of hydrogen-bond donors (Lipinski definition) is 2. The Balaban J connectivity index is 1.68. The van der Waals surface area contributed by atoms with E-state index in [4.69, 9.17) is 4.74 Å². The second kappa shape index (κ2) is 9.80. The average Bonchev–Trinajstić information content (AvgIpc) is 2.79. The average molecular weight is 448 g/mol. The number of nitrogens with one attached hydrogen (secondary N) is 2. The van der Waals surface area contributed by atoms with Crippen molar-refractivity contribution < 1.29 is 27.5 Å². The minimum absolute atomic E-state index is 0.0942. The molecule has 1 atom stereocenters. The van der Waals surface area contributed by atoms with E-state index in [1.807, 2.05) is 0 Å². The number of sulfonamides is 1. The zero-order valence-corrected chi connectivity index (χ0v) is 18.1. The van der Waals surface area contributed by atoms with Gasteiger partial charge in [-0.3, -0.25) is 10.1 Å². The normalized spacial score (nSPS) is 16.9. The van der Waals surface area contributed by atoms with Gasteiger partial charge in [0.25, 0.3) is 0 Å². The molecule has 2 N–H and O–H groups in total. The molecule has 0 radical (unpaired) electrons. The molecule has 3 rings (SSSR count). The highest BCUT2D eigenvalue weighted by atomic mass is 32.2. The minimum atomic E-state index is -3.77. The van der Waals surface area contributed by atoms with Crippen LogP contribution in [0.1, 0.15) is 12.8 Å². The highest BCUT2D eigenvalue weighted by Crippen LogP contribution is 2.26. The van der Waals surface area contributed by atoms with Crippen LogP contribution >= 0.6 is 0 Å². The number of anilines is 2. The third-order valence-electron chi connectivity index (χ3n) is 5.02. The number of nitrogens with zero attached hydrogens (tertiary/aromatic N) is 1. The van der Waals surface area contributed by atoms with E-state index in [9.17, 15) is 18.0 Å². The summed E-state index contributed by atoms with van der Waals surface area (Å²) in [4.78, 5) is 24.1. The van der Waals surface area contributed by atoms with E-state index in [-0.39, 0.29) is 17.3 Å². The molecule has 0 aliphatic carbocycles. The number of benzene rings is 2. The number of methoxy groups -OCH3 is 2.